The van der Waals surface area contributed by atoms with Crippen molar-refractivity contribution >= 4 is 6.29 Å². The van der Waals surface area contributed by atoms with Crippen molar-refractivity contribution in [3.63, 3.8) is 0 Å². The summed E-state index contributed by atoms with van der Waals surface area (Å²) in [6, 6.07) is 7.32. The monoisotopic (exact) mass is 203 g/mol. The summed E-state index contributed by atoms with van der Waals surface area (Å²) in [6.45, 7) is 0. The lowest BCUT2D eigenvalue weighted by molar-refractivity contribution is 0.111. The summed E-state index contributed by atoms with van der Waals surface area (Å²) in [7, 11) is 1.61. The van der Waals surface area contributed by atoms with E-state index in [0.29, 0.717) is 12.1 Å². The van der Waals surface area contributed by atoms with Gasteiger partial charge in [-0.2, -0.15) is 0 Å². The highest BCUT2D eigenvalue weighted by molar-refractivity contribution is 5.70. The smallest absolute Gasteiger partial charge is 0.194 e. The fourth-order valence-electron chi connectivity index (χ4n) is 1.21. The normalized spacial score (nSPS) is 9.93. The number of aromatic nitrogens is 3. The van der Waals surface area contributed by atoms with Crippen LogP contribution in [-0.2, 0) is 0 Å². The van der Waals surface area contributed by atoms with E-state index in [-0.39, 0.29) is 5.82 Å². The van der Waals surface area contributed by atoms with Crippen LogP contribution in [0.4, 0.5) is 0 Å². The van der Waals surface area contributed by atoms with Crippen LogP contribution < -0.4 is 4.74 Å². The van der Waals surface area contributed by atoms with Crippen LogP contribution in [0.3, 0.4) is 0 Å². The fourth-order valence-corrected chi connectivity index (χ4v) is 1.21. The molecule has 0 saturated heterocycles. The molecule has 0 unspecified atom stereocenters. The molecule has 76 valence electrons. The van der Waals surface area contributed by atoms with Crippen LogP contribution in [0.2, 0.25) is 0 Å². The van der Waals surface area contributed by atoms with Crippen LogP contribution in [-0.4, -0.2) is 28.6 Å². The Kier molecular flexibility index (Phi) is 2.45. The summed E-state index contributed by atoms with van der Waals surface area (Å²) in [5, 5.41) is 7.48. The molecule has 1 heterocycles. The van der Waals surface area contributed by atoms with Crippen molar-refractivity contribution in [2.45, 2.75) is 0 Å². The van der Waals surface area contributed by atoms with Crippen LogP contribution in [0.1, 0.15) is 10.6 Å². The zero-order valence-corrected chi connectivity index (χ0v) is 8.10. The van der Waals surface area contributed by atoms with Crippen molar-refractivity contribution in [1.29, 1.82) is 0 Å². The van der Waals surface area contributed by atoms with Crippen molar-refractivity contribution in [1.82, 2.24) is 15.2 Å². The SMILES string of the molecule is COc1ccc(-c2nnc(C=O)[nH]2)cc1. The maximum Gasteiger partial charge on any atom is 0.194 e. The number of ether oxygens (including phenoxy) is 1. The first-order chi connectivity index (χ1) is 7.33. The van der Waals surface area contributed by atoms with Gasteiger partial charge in [0.25, 0.3) is 0 Å². The fraction of sp³-hybridized carbons (Fsp3) is 0.100. The highest BCUT2D eigenvalue weighted by Gasteiger charge is 2.04. The number of carbonyl (C=O) groups excluding carboxylic acids is 1. The third kappa shape index (κ3) is 1.85. The number of hydrogen-bond acceptors (Lipinski definition) is 4. The number of benzene rings is 1. The molecule has 2 rings (SSSR count). The second-order valence-electron chi connectivity index (χ2n) is 2.91. The van der Waals surface area contributed by atoms with Crippen LogP contribution in [0.5, 0.6) is 5.75 Å². The molecule has 0 aliphatic rings. The van der Waals surface area contributed by atoms with Gasteiger partial charge in [0, 0.05) is 5.56 Å². The number of carbonyl (C=O) groups is 1. The van der Waals surface area contributed by atoms with Crippen LogP contribution in [0, 0.1) is 0 Å². The maximum atomic E-state index is 10.4. The molecule has 2 aromatic rings. The Hall–Kier alpha value is -2.17. The van der Waals surface area contributed by atoms with Gasteiger partial charge < -0.3 is 9.72 Å². The van der Waals surface area contributed by atoms with E-state index < -0.39 is 0 Å². The van der Waals surface area contributed by atoms with Gasteiger partial charge in [-0.05, 0) is 24.3 Å². The number of aromatic amines is 1. The molecule has 0 spiro atoms. The minimum atomic E-state index is 0.223. The lowest BCUT2D eigenvalue weighted by atomic mass is 10.2. The van der Waals surface area contributed by atoms with Gasteiger partial charge in [-0.1, -0.05) is 0 Å². The molecule has 15 heavy (non-hydrogen) atoms. The van der Waals surface area contributed by atoms with Gasteiger partial charge in [-0.15, -0.1) is 10.2 Å². The quantitative estimate of drug-likeness (QED) is 0.763. The van der Waals surface area contributed by atoms with Gasteiger partial charge in [0.2, 0.25) is 0 Å². The molecule has 1 aromatic carbocycles. The van der Waals surface area contributed by atoms with Crippen molar-refractivity contribution in [3.05, 3.63) is 30.1 Å². The Morgan fingerprint density at radius 3 is 2.53 bits per heavy atom. The van der Waals surface area contributed by atoms with Crippen LogP contribution in [0.15, 0.2) is 24.3 Å². The third-order valence-corrected chi connectivity index (χ3v) is 1.98. The van der Waals surface area contributed by atoms with E-state index in [1.807, 2.05) is 24.3 Å². The van der Waals surface area contributed by atoms with E-state index in [0.717, 1.165) is 11.3 Å². The van der Waals surface area contributed by atoms with Crippen LogP contribution >= 0.6 is 0 Å². The Labute approximate surface area is 86.1 Å². The molecular weight excluding hydrogens is 194 g/mol. The predicted molar refractivity (Wildman–Crippen MR) is 53.8 cm³/mol. The zero-order chi connectivity index (χ0) is 10.7. The van der Waals surface area contributed by atoms with E-state index in [2.05, 4.69) is 15.2 Å². The van der Waals surface area contributed by atoms with Gasteiger partial charge in [0.05, 0.1) is 7.11 Å². The maximum absolute atomic E-state index is 10.4. The zero-order valence-electron chi connectivity index (χ0n) is 8.10. The third-order valence-electron chi connectivity index (χ3n) is 1.98. The molecule has 0 fully saturated rings. The predicted octanol–water partition coefficient (Wildman–Crippen LogP) is 1.29. The largest absolute Gasteiger partial charge is 0.497 e. The molecule has 5 heteroatoms. The number of nitrogens with one attached hydrogen (secondary N) is 1. The number of methoxy groups -OCH3 is 1. The molecule has 0 aliphatic heterocycles. The number of nitrogens with zero attached hydrogens (tertiary/aromatic N) is 2. The molecule has 1 aromatic heterocycles. The number of aldehydes is 1. The summed E-state index contributed by atoms with van der Waals surface area (Å²) in [4.78, 5) is 13.2. The van der Waals surface area contributed by atoms with Crippen LogP contribution in [0.25, 0.3) is 11.4 Å². The summed E-state index contributed by atoms with van der Waals surface area (Å²) in [5.41, 5.74) is 0.858. The molecule has 0 atom stereocenters. The molecule has 5 nitrogen and oxygen atoms in total. The Bertz CT molecular complexity index is 462. The van der Waals surface area contributed by atoms with E-state index in [1.54, 1.807) is 7.11 Å². The van der Waals surface area contributed by atoms with Crippen molar-refractivity contribution < 1.29 is 9.53 Å². The first-order valence-electron chi connectivity index (χ1n) is 4.36. The number of H-pyrrole nitrogens is 1. The average Bonchev–Trinajstić information content (AvgIpc) is 2.78. The topological polar surface area (TPSA) is 67.9 Å². The lowest BCUT2D eigenvalue weighted by Crippen LogP contribution is -1.84. The molecule has 0 bridgehead atoms. The number of rotatable bonds is 3. The summed E-state index contributed by atoms with van der Waals surface area (Å²) in [5.74, 6) is 1.56. The Balaban J connectivity index is 2.32. The highest BCUT2D eigenvalue weighted by atomic mass is 16.5. The summed E-state index contributed by atoms with van der Waals surface area (Å²) >= 11 is 0. The van der Waals surface area contributed by atoms with Gasteiger partial charge >= 0.3 is 0 Å². The highest BCUT2D eigenvalue weighted by Crippen LogP contribution is 2.18. The minimum absolute atomic E-state index is 0.223. The van der Waals surface area contributed by atoms with Gasteiger partial charge in [0.1, 0.15) is 5.75 Å². The van der Waals surface area contributed by atoms with Gasteiger partial charge in [-0.25, -0.2) is 0 Å². The summed E-state index contributed by atoms with van der Waals surface area (Å²) < 4.78 is 5.03. The van der Waals surface area contributed by atoms with E-state index in [4.69, 9.17) is 4.74 Å². The standard InChI is InChI=1S/C10H9N3O2/c1-15-8-4-2-7(3-5-8)10-11-9(6-14)12-13-10/h2-6H,1H3,(H,11,12,13). The van der Waals surface area contributed by atoms with Gasteiger partial charge in [0.15, 0.2) is 17.9 Å². The van der Waals surface area contributed by atoms with Gasteiger partial charge in [-0.3, -0.25) is 4.79 Å². The average molecular weight is 203 g/mol. The minimum Gasteiger partial charge on any atom is -0.497 e. The Morgan fingerprint density at radius 1 is 1.27 bits per heavy atom. The van der Waals surface area contributed by atoms with Crippen molar-refractivity contribution in [2.24, 2.45) is 0 Å². The molecular formula is C10H9N3O2. The second kappa shape index (κ2) is 3.91. The second-order valence-corrected chi connectivity index (χ2v) is 2.91. The first kappa shape index (κ1) is 9.39. The van der Waals surface area contributed by atoms with E-state index >= 15 is 0 Å². The molecule has 0 amide bonds. The molecule has 0 aliphatic carbocycles. The van der Waals surface area contributed by atoms with E-state index in [9.17, 15) is 4.79 Å². The molecule has 1 N–H and O–H groups in total. The molecule has 0 saturated carbocycles. The van der Waals surface area contributed by atoms with Crippen molar-refractivity contribution in [3.8, 4) is 17.1 Å². The Morgan fingerprint density at radius 2 is 2.00 bits per heavy atom. The number of hydrogen-bond donors (Lipinski definition) is 1. The lowest BCUT2D eigenvalue weighted by Gasteiger charge is -1.99. The first-order valence-corrected chi connectivity index (χ1v) is 4.36. The van der Waals surface area contributed by atoms with E-state index in [1.165, 1.54) is 0 Å². The van der Waals surface area contributed by atoms with Crippen molar-refractivity contribution in [2.75, 3.05) is 7.11 Å². The summed E-state index contributed by atoms with van der Waals surface area (Å²) in [6.07, 6.45) is 0.625. The molecule has 0 radical (unpaired) electrons.